The summed E-state index contributed by atoms with van der Waals surface area (Å²) in [4.78, 5) is 38.3. The van der Waals surface area contributed by atoms with E-state index in [-0.39, 0.29) is 11.3 Å². The first-order valence-corrected chi connectivity index (χ1v) is 7.01. The molecule has 0 saturated heterocycles. The van der Waals surface area contributed by atoms with Crippen molar-refractivity contribution in [1.29, 1.82) is 0 Å². The molecule has 3 amide bonds. The SMILES string of the molecule is COC(=O)c1cnc(Br)cc1NC(=O)NC(=O)C(Cl)(Cl)Cl. The van der Waals surface area contributed by atoms with Gasteiger partial charge in [0.1, 0.15) is 10.2 Å². The molecule has 0 atom stereocenters. The van der Waals surface area contributed by atoms with Crippen LogP contribution >= 0.6 is 50.7 Å². The van der Waals surface area contributed by atoms with Gasteiger partial charge >= 0.3 is 12.0 Å². The quantitative estimate of drug-likeness (QED) is 0.436. The molecule has 1 rings (SSSR count). The van der Waals surface area contributed by atoms with E-state index in [1.807, 2.05) is 0 Å². The molecule has 114 valence electrons. The third-order valence-electron chi connectivity index (χ3n) is 2.01. The summed E-state index contributed by atoms with van der Waals surface area (Å²) in [5.74, 6) is -1.87. The summed E-state index contributed by atoms with van der Waals surface area (Å²) in [6, 6.07) is 0.348. The number of aromatic nitrogens is 1. The smallest absolute Gasteiger partial charge is 0.341 e. The van der Waals surface area contributed by atoms with Gasteiger partial charge in [0.15, 0.2) is 0 Å². The number of halogens is 4. The number of amides is 3. The Morgan fingerprint density at radius 2 is 1.95 bits per heavy atom. The fourth-order valence-electron chi connectivity index (χ4n) is 1.13. The molecule has 2 N–H and O–H groups in total. The van der Waals surface area contributed by atoms with Crippen molar-refractivity contribution < 1.29 is 19.1 Å². The number of esters is 1. The molecular weight excluding hydrogens is 412 g/mol. The summed E-state index contributed by atoms with van der Waals surface area (Å²) in [6.07, 6.45) is 1.18. The van der Waals surface area contributed by atoms with E-state index < -0.39 is 21.7 Å². The Hall–Kier alpha value is -1.09. The van der Waals surface area contributed by atoms with Crippen LogP contribution in [-0.2, 0) is 9.53 Å². The summed E-state index contributed by atoms with van der Waals surface area (Å²) in [7, 11) is 1.17. The highest BCUT2D eigenvalue weighted by Gasteiger charge is 2.32. The predicted octanol–water partition coefficient (Wildman–Crippen LogP) is 2.65. The van der Waals surface area contributed by atoms with Crippen LogP contribution in [-0.4, -0.2) is 33.8 Å². The number of nitrogens with one attached hydrogen (secondary N) is 2. The number of anilines is 1. The number of alkyl halides is 3. The summed E-state index contributed by atoms with van der Waals surface area (Å²) in [6.45, 7) is 0. The first kappa shape index (κ1) is 18.0. The maximum atomic E-state index is 11.6. The van der Waals surface area contributed by atoms with Crippen LogP contribution < -0.4 is 10.6 Å². The monoisotopic (exact) mass is 417 g/mol. The lowest BCUT2D eigenvalue weighted by atomic mass is 10.2. The highest BCUT2D eigenvalue weighted by molar-refractivity contribution is 9.10. The molecule has 0 bridgehead atoms. The topological polar surface area (TPSA) is 97.4 Å². The van der Waals surface area contributed by atoms with E-state index in [9.17, 15) is 14.4 Å². The molecule has 0 radical (unpaired) electrons. The minimum atomic E-state index is -2.29. The third kappa shape index (κ3) is 5.31. The predicted molar refractivity (Wildman–Crippen MR) is 80.7 cm³/mol. The van der Waals surface area contributed by atoms with E-state index in [2.05, 4.69) is 31.0 Å². The number of methoxy groups -OCH3 is 1. The lowest BCUT2D eigenvalue weighted by molar-refractivity contribution is -0.119. The molecule has 0 aromatic carbocycles. The molecule has 0 spiro atoms. The number of hydrogen-bond donors (Lipinski definition) is 2. The zero-order valence-electron chi connectivity index (χ0n) is 10.2. The van der Waals surface area contributed by atoms with E-state index in [0.717, 1.165) is 0 Å². The van der Waals surface area contributed by atoms with E-state index in [0.29, 0.717) is 4.60 Å². The lowest BCUT2D eigenvalue weighted by Crippen LogP contribution is -2.41. The first-order chi connectivity index (χ1) is 9.65. The maximum absolute atomic E-state index is 11.6. The first-order valence-electron chi connectivity index (χ1n) is 5.08. The van der Waals surface area contributed by atoms with E-state index >= 15 is 0 Å². The van der Waals surface area contributed by atoms with Crippen molar-refractivity contribution in [3.63, 3.8) is 0 Å². The summed E-state index contributed by atoms with van der Waals surface area (Å²) in [5.41, 5.74) is 0.0375. The number of nitrogens with zero attached hydrogens (tertiary/aromatic N) is 1. The summed E-state index contributed by atoms with van der Waals surface area (Å²) < 4.78 is 2.59. The number of rotatable bonds is 2. The highest BCUT2D eigenvalue weighted by atomic mass is 79.9. The Bertz CT molecular complexity index is 591. The van der Waals surface area contributed by atoms with Crippen LogP contribution in [0.4, 0.5) is 10.5 Å². The molecule has 0 unspecified atom stereocenters. The molecule has 0 fully saturated rings. The lowest BCUT2D eigenvalue weighted by Gasteiger charge is -2.13. The van der Waals surface area contributed by atoms with Gasteiger partial charge in [0.2, 0.25) is 0 Å². The van der Waals surface area contributed by atoms with Crippen LogP contribution in [0, 0.1) is 0 Å². The van der Waals surface area contributed by atoms with E-state index in [1.54, 1.807) is 5.32 Å². The van der Waals surface area contributed by atoms with Gasteiger partial charge in [-0.3, -0.25) is 10.1 Å². The van der Waals surface area contributed by atoms with Crippen molar-refractivity contribution in [1.82, 2.24) is 10.3 Å². The molecule has 11 heteroatoms. The maximum Gasteiger partial charge on any atom is 0.341 e. The number of urea groups is 1. The van der Waals surface area contributed by atoms with Crippen molar-refractivity contribution in [2.75, 3.05) is 12.4 Å². The van der Waals surface area contributed by atoms with E-state index in [1.165, 1.54) is 19.4 Å². The van der Waals surface area contributed by atoms with Crippen LogP contribution in [0.25, 0.3) is 0 Å². The second-order valence-corrected chi connectivity index (χ2v) is 6.54. The van der Waals surface area contributed by atoms with Crippen LogP contribution in [0.5, 0.6) is 0 Å². The Morgan fingerprint density at radius 1 is 1.33 bits per heavy atom. The largest absolute Gasteiger partial charge is 0.465 e. The molecule has 7 nitrogen and oxygen atoms in total. The van der Waals surface area contributed by atoms with Crippen LogP contribution in [0.2, 0.25) is 0 Å². The average molecular weight is 419 g/mol. The molecule has 21 heavy (non-hydrogen) atoms. The van der Waals surface area contributed by atoms with Gasteiger partial charge in [-0.1, -0.05) is 34.8 Å². The minimum Gasteiger partial charge on any atom is -0.465 e. The Labute approximate surface area is 142 Å². The molecule has 1 aromatic heterocycles. The molecule has 0 aliphatic carbocycles. The summed E-state index contributed by atoms with van der Waals surface area (Å²) >= 11 is 19.0. The highest BCUT2D eigenvalue weighted by Crippen LogP contribution is 2.26. The van der Waals surface area contributed by atoms with Crippen molar-refractivity contribution in [2.45, 2.75) is 3.79 Å². The number of hydrogen-bond acceptors (Lipinski definition) is 5. The molecule has 1 aromatic rings. The van der Waals surface area contributed by atoms with Crippen LogP contribution in [0.3, 0.4) is 0 Å². The Morgan fingerprint density at radius 3 is 2.48 bits per heavy atom. The van der Waals surface area contributed by atoms with Gasteiger partial charge in [-0.05, 0) is 22.0 Å². The standard InChI is InChI=1S/C10H7BrCl3N3O4/c1-21-7(18)4-3-15-6(11)2-5(4)16-9(20)17-8(19)10(12,13)14/h2-3H,1H3,(H2,15,16,17,19,20). The van der Waals surface area contributed by atoms with Crippen molar-refractivity contribution in [3.05, 3.63) is 22.4 Å². The Balaban J connectivity index is 2.92. The summed E-state index contributed by atoms with van der Waals surface area (Å²) in [5, 5.41) is 4.05. The molecule has 0 aliphatic rings. The number of imide groups is 1. The van der Waals surface area contributed by atoms with E-state index in [4.69, 9.17) is 34.8 Å². The number of carbonyl (C=O) groups is 3. The van der Waals surface area contributed by atoms with Crippen LogP contribution in [0.15, 0.2) is 16.9 Å². The zero-order chi connectivity index (χ0) is 16.2. The van der Waals surface area contributed by atoms with Gasteiger partial charge in [0.25, 0.3) is 9.70 Å². The number of pyridine rings is 1. The van der Waals surface area contributed by atoms with Crippen LogP contribution in [0.1, 0.15) is 10.4 Å². The van der Waals surface area contributed by atoms with Gasteiger partial charge in [-0.25, -0.2) is 14.6 Å². The number of carbonyl (C=O) groups excluding carboxylic acids is 3. The zero-order valence-corrected chi connectivity index (χ0v) is 14.1. The molecule has 0 aliphatic heterocycles. The molecular formula is C10H7BrCl3N3O4. The number of ether oxygens (including phenoxy) is 1. The average Bonchev–Trinajstić information content (AvgIpc) is 2.36. The molecule has 0 saturated carbocycles. The van der Waals surface area contributed by atoms with Gasteiger partial charge < -0.3 is 10.1 Å². The van der Waals surface area contributed by atoms with Gasteiger partial charge in [0, 0.05) is 6.20 Å². The second-order valence-electron chi connectivity index (χ2n) is 3.45. The normalized spacial score (nSPS) is 10.7. The van der Waals surface area contributed by atoms with Crippen molar-refractivity contribution in [3.8, 4) is 0 Å². The molecule has 1 heterocycles. The van der Waals surface area contributed by atoms with Gasteiger partial charge in [0.05, 0.1) is 12.8 Å². The Kier molecular flexibility index (Phi) is 6.21. The third-order valence-corrected chi connectivity index (χ3v) is 2.96. The fourth-order valence-corrected chi connectivity index (χ4v) is 1.61. The van der Waals surface area contributed by atoms with Crippen molar-refractivity contribution >= 4 is 74.3 Å². The van der Waals surface area contributed by atoms with Gasteiger partial charge in [-0.15, -0.1) is 0 Å². The fraction of sp³-hybridized carbons (Fsp3) is 0.200. The second kappa shape index (κ2) is 7.26. The van der Waals surface area contributed by atoms with Crippen molar-refractivity contribution in [2.24, 2.45) is 0 Å². The van der Waals surface area contributed by atoms with Gasteiger partial charge in [-0.2, -0.15) is 0 Å². The minimum absolute atomic E-state index is 0.0165.